The van der Waals surface area contributed by atoms with Crippen molar-refractivity contribution in [1.82, 2.24) is 9.80 Å². The van der Waals surface area contributed by atoms with Gasteiger partial charge in [0.2, 0.25) is 11.8 Å². The van der Waals surface area contributed by atoms with E-state index in [9.17, 15) is 14.4 Å². The van der Waals surface area contributed by atoms with Crippen LogP contribution < -0.4 is 0 Å². The highest BCUT2D eigenvalue weighted by molar-refractivity contribution is 6.01. The third kappa shape index (κ3) is 4.47. The Morgan fingerprint density at radius 2 is 1.57 bits per heavy atom. The summed E-state index contributed by atoms with van der Waals surface area (Å²) in [4.78, 5) is 39.9. The van der Waals surface area contributed by atoms with Gasteiger partial charge in [-0.25, -0.2) is 0 Å². The van der Waals surface area contributed by atoms with Gasteiger partial charge in [0.1, 0.15) is 0 Å². The molecule has 0 spiro atoms. The number of nitrogens with zero attached hydrogens (tertiary/aromatic N) is 2. The summed E-state index contributed by atoms with van der Waals surface area (Å²) in [7, 11) is 0. The molecular weight excluding hydrogens is 352 g/mol. The van der Waals surface area contributed by atoms with Gasteiger partial charge in [-0.15, -0.1) is 0 Å². The lowest BCUT2D eigenvalue weighted by atomic mass is 10.1. The minimum absolute atomic E-state index is 0.0157. The minimum atomic E-state index is -0.129. The largest absolute Gasteiger partial charge is 0.332 e. The van der Waals surface area contributed by atoms with Gasteiger partial charge in [-0.2, -0.15) is 0 Å². The van der Waals surface area contributed by atoms with Crippen LogP contribution in [0.1, 0.15) is 54.6 Å². The molecule has 0 radical (unpaired) electrons. The van der Waals surface area contributed by atoms with Crippen LogP contribution in [-0.4, -0.2) is 33.6 Å². The second-order valence-electron chi connectivity index (χ2n) is 7.25. The smallest absolute Gasteiger partial charge is 0.254 e. The van der Waals surface area contributed by atoms with Crippen LogP contribution in [-0.2, 0) is 22.7 Å². The summed E-state index contributed by atoms with van der Waals surface area (Å²) in [5, 5.41) is 0. The summed E-state index contributed by atoms with van der Waals surface area (Å²) in [6.45, 7) is 4.96. The first-order valence-corrected chi connectivity index (χ1v) is 9.76. The number of amides is 3. The van der Waals surface area contributed by atoms with E-state index in [1.165, 1.54) is 4.90 Å². The molecule has 0 aromatic heterocycles. The Bertz CT molecular complexity index is 830. The normalized spacial score (nSPS) is 15.0. The Kier molecular flexibility index (Phi) is 6.24. The molecular formula is C23H26N2O3. The Hall–Kier alpha value is -2.95. The number of rotatable bonds is 7. The zero-order valence-electron chi connectivity index (χ0n) is 16.4. The van der Waals surface area contributed by atoms with Crippen molar-refractivity contribution in [3.8, 4) is 0 Å². The van der Waals surface area contributed by atoms with Crippen molar-refractivity contribution in [3.63, 3.8) is 0 Å². The lowest BCUT2D eigenvalue weighted by Crippen LogP contribution is -2.37. The van der Waals surface area contributed by atoms with Crippen LogP contribution >= 0.6 is 0 Å². The number of carbonyl (C=O) groups is 3. The first-order chi connectivity index (χ1) is 13.5. The molecule has 0 aliphatic carbocycles. The highest BCUT2D eigenvalue weighted by Crippen LogP contribution is 2.19. The molecule has 146 valence electrons. The van der Waals surface area contributed by atoms with Crippen LogP contribution in [0.25, 0.3) is 0 Å². The van der Waals surface area contributed by atoms with E-state index in [2.05, 4.69) is 13.8 Å². The Morgan fingerprint density at radius 3 is 2.14 bits per heavy atom. The first-order valence-electron chi connectivity index (χ1n) is 9.76. The molecule has 1 unspecified atom stereocenters. The average molecular weight is 378 g/mol. The molecule has 1 aliphatic rings. The highest BCUT2D eigenvalue weighted by atomic mass is 16.2. The molecule has 0 saturated carbocycles. The van der Waals surface area contributed by atoms with Gasteiger partial charge in [0.05, 0.1) is 6.54 Å². The molecule has 1 heterocycles. The van der Waals surface area contributed by atoms with Gasteiger partial charge >= 0.3 is 0 Å². The van der Waals surface area contributed by atoms with E-state index in [1.807, 2.05) is 47.4 Å². The zero-order valence-corrected chi connectivity index (χ0v) is 16.4. The molecule has 3 amide bonds. The number of carbonyl (C=O) groups excluding carboxylic acids is 3. The summed E-state index contributed by atoms with van der Waals surface area (Å²) in [5.41, 5.74) is 2.55. The van der Waals surface area contributed by atoms with Crippen molar-refractivity contribution < 1.29 is 14.4 Å². The van der Waals surface area contributed by atoms with E-state index in [4.69, 9.17) is 0 Å². The fourth-order valence-electron chi connectivity index (χ4n) is 3.33. The van der Waals surface area contributed by atoms with Crippen molar-refractivity contribution in [1.29, 1.82) is 0 Å². The fraction of sp³-hybridized carbons (Fsp3) is 0.348. The Balaban J connectivity index is 1.73. The predicted octanol–water partition coefficient (Wildman–Crippen LogP) is 3.78. The molecule has 1 atom stereocenters. The Morgan fingerprint density at radius 1 is 0.964 bits per heavy atom. The lowest BCUT2D eigenvalue weighted by molar-refractivity contribution is -0.139. The maximum Gasteiger partial charge on any atom is 0.254 e. The highest BCUT2D eigenvalue weighted by Gasteiger charge is 2.28. The van der Waals surface area contributed by atoms with Crippen LogP contribution in [0.3, 0.4) is 0 Å². The molecule has 2 aromatic carbocycles. The summed E-state index contributed by atoms with van der Waals surface area (Å²) in [6, 6.07) is 17.3. The number of imide groups is 1. The number of hydrogen-bond acceptors (Lipinski definition) is 3. The standard InChI is InChI=1S/C23H26N2O3/c1-3-17(2)24(15-18-7-5-4-6-8-18)23(28)20-11-9-19(10-12-20)16-25-21(26)13-14-22(25)27/h4-12,17H,3,13-16H2,1-2H3. The van der Waals surface area contributed by atoms with Crippen molar-refractivity contribution in [2.24, 2.45) is 0 Å². The van der Waals surface area contributed by atoms with Crippen molar-refractivity contribution in [2.45, 2.75) is 52.2 Å². The molecule has 3 rings (SSSR count). The van der Waals surface area contributed by atoms with E-state index in [1.54, 1.807) is 12.1 Å². The maximum atomic E-state index is 13.1. The van der Waals surface area contributed by atoms with E-state index in [-0.39, 0.29) is 30.3 Å². The number of likely N-dealkylation sites (tertiary alicyclic amines) is 1. The molecule has 0 bridgehead atoms. The molecule has 5 nitrogen and oxygen atoms in total. The number of hydrogen-bond donors (Lipinski definition) is 0. The SMILES string of the molecule is CCC(C)N(Cc1ccccc1)C(=O)c1ccc(CN2C(=O)CCC2=O)cc1. The maximum absolute atomic E-state index is 13.1. The molecule has 2 aromatic rings. The van der Waals surface area contributed by atoms with Gasteiger partial charge in [0.25, 0.3) is 5.91 Å². The summed E-state index contributed by atoms with van der Waals surface area (Å²) >= 11 is 0. The van der Waals surface area contributed by atoms with Crippen LogP contribution in [0.2, 0.25) is 0 Å². The molecule has 5 heteroatoms. The van der Waals surface area contributed by atoms with Gasteiger partial charge in [0, 0.05) is 31.0 Å². The third-order valence-corrected chi connectivity index (χ3v) is 5.28. The molecule has 1 saturated heterocycles. The van der Waals surface area contributed by atoms with Gasteiger partial charge in [-0.3, -0.25) is 19.3 Å². The van der Waals surface area contributed by atoms with Crippen molar-refractivity contribution >= 4 is 17.7 Å². The van der Waals surface area contributed by atoms with E-state index < -0.39 is 0 Å². The molecule has 1 aliphatic heterocycles. The first kappa shape index (κ1) is 19.8. The van der Waals surface area contributed by atoms with E-state index >= 15 is 0 Å². The van der Waals surface area contributed by atoms with Crippen LogP contribution in [0.15, 0.2) is 54.6 Å². The number of benzene rings is 2. The summed E-state index contributed by atoms with van der Waals surface area (Å²) in [6.07, 6.45) is 1.45. The molecule has 28 heavy (non-hydrogen) atoms. The van der Waals surface area contributed by atoms with Gasteiger partial charge < -0.3 is 4.90 Å². The molecule has 1 fully saturated rings. The lowest BCUT2D eigenvalue weighted by Gasteiger charge is -2.29. The second kappa shape index (κ2) is 8.83. The van der Waals surface area contributed by atoms with Crippen LogP contribution in [0.5, 0.6) is 0 Å². The van der Waals surface area contributed by atoms with Crippen molar-refractivity contribution in [3.05, 3.63) is 71.3 Å². The van der Waals surface area contributed by atoms with Gasteiger partial charge in [0.15, 0.2) is 0 Å². The van der Waals surface area contributed by atoms with Gasteiger partial charge in [-0.05, 0) is 36.6 Å². The van der Waals surface area contributed by atoms with Gasteiger partial charge in [-0.1, -0.05) is 49.4 Å². The zero-order chi connectivity index (χ0) is 20.1. The summed E-state index contributed by atoms with van der Waals surface area (Å²) in [5.74, 6) is -0.273. The average Bonchev–Trinajstić information content (AvgIpc) is 3.04. The monoisotopic (exact) mass is 378 g/mol. The fourth-order valence-corrected chi connectivity index (χ4v) is 3.33. The third-order valence-electron chi connectivity index (χ3n) is 5.28. The van der Waals surface area contributed by atoms with Crippen molar-refractivity contribution in [2.75, 3.05) is 0 Å². The topological polar surface area (TPSA) is 57.7 Å². The summed E-state index contributed by atoms with van der Waals surface area (Å²) < 4.78 is 0. The van der Waals surface area contributed by atoms with E-state index in [0.29, 0.717) is 24.9 Å². The van der Waals surface area contributed by atoms with Crippen LogP contribution in [0, 0.1) is 0 Å². The quantitative estimate of drug-likeness (QED) is 0.689. The Labute approximate surface area is 166 Å². The minimum Gasteiger partial charge on any atom is -0.332 e. The molecule has 0 N–H and O–H groups in total. The van der Waals surface area contributed by atoms with Crippen LogP contribution in [0.4, 0.5) is 0 Å². The predicted molar refractivity (Wildman–Crippen MR) is 107 cm³/mol. The second-order valence-corrected chi connectivity index (χ2v) is 7.25. The van der Waals surface area contributed by atoms with E-state index in [0.717, 1.165) is 17.5 Å².